The lowest BCUT2D eigenvalue weighted by Gasteiger charge is -2.37. The second-order valence-electron chi connectivity index (χ2n) is 7.16. The molecule has 0 spiro atoms. The summed E-state index contributed by atoms with van der Waals surface area (Å²) in [6, 6.07) is 0. The van der Waals surface area contributed by atoms with Crippen LogP contribution in [-0.4, -0.2) is 26.1 Å². The molecule has 0 aliphatic rings. The zero-order valence-electron chi connectivity index (χ0n) is 12.5. The molecule has 0 N–H and O–H groups in total. The summed E-state index contributed by atoms with van der Waals surface area (Å²) in [7, 11) is -2.53. The summed E-state index contributed by atoms with van der Waals surface area (Å²) in [5.41, 5.74) is 2.33. The van der Waals surface area contributed by atoms with Crippen molar-refractivity contribution in [2.24, 2.45) is 0 Å². The summed E-state index contributed by atoms with van der Waals surface area (Å²) in [5, 5.41) is 0.634. The number of aryl methyl sites for hydroxylation is 2. The Hall–Kier alpha value is -0.486. The van der Waals surface area contributed by atoms with E-state index in [-0.39, 0.29) is 0 Å². The summed E-state index contributed by atoms with van der Waals surface area (Å²) in [6.07, 6.45) is 1.99. The Kier molecular flexibility index (Phi) is 3.99. The van der Waals surface area contributed by atoms with E-state index in [0.717, 1.165) is 11.5 Å². The normalized spacial score (nSPS) is 13.2. The predicted molar refractivity (Wildman–Crippen MR) is 80.9 cm³/mol. The maximum atomic E-state index is 4.76. The predicted octanol–water partition coefficient (Wildman–Crippen LogP) is 3.93. The molecule has 0 saturated carbocycles. The Balaban J connectivity index is 3.29. The standard InChI is InChI=1S/C13H26N2Si2/c1-10-9-14-12(15-11(10)2)13(16(3,4)5)17(6,7)8/h9,13H,1-8H3. The first-order valence-corrected chi connectivity index (χ1v) is 13.5. The molecule has 0 saturated heterocycles. The zero-order valence-corrected chi connectivity index (χ0v) is 14.5. The van der Waals surface area contributed by atoms with Gasteiger partial charge < -0.3 is 0 Å². The van der Waals surface area contributed by atoms with Gasteiger partial charge in [0, 0.05) is 17.1 Å². The van der Waals surface area contributed by atoms with Crippen LogP contribution in [0.4, 0.5) is 0 Å². The average molecular weight is 267 g/mol. The maximum Gasteiger partial charge on any atom is 0.126 e. The molecule has 1 rings (SSSR count). The fraction of sp³-hybridized carbons (Fsp3) is 0.692. The van der Waals surface area contributed by atoms with Gasteiger partial charge in [0.25, 0.3) is 0 Å². The van der Waals surface area contributed by atoms with Gasteiger partial charge >= 0.3 is 0 Å². The summed E-state index contributed by atoms with van der Waals surface area (Å²) >= 11 is 0. The monoisotopic (exact) mass is 266 g/mol. The maximum absolute atomic E-state index is 4.76. The average Bonchev–Trinajstić information content (AvgIpc) is 2.06. The third-order valence-electron chi connectivity index (χ3n) is 3.23. The summed E-state index contributed by atoms with van der Waals surface area (Å²) < 4.78 is 0. The molecule has 0 radical (unpaired) electrons. The Morgan fingerprint density at radius 2 is 1.41 bits per heavy atom. The smallest absolute Gasteiger partial charge is 0.126 e. The van der Waals surface area contributed by atoms with E-state index in [0.29, 0.717) is 5.16 Å². The van der Waals surface area contributed by atoms with Crippen LogP contribution in [0.5, 0.6) is 0 Å². The molecule has 1 heterocycles. The number of nitrogens with zero attached hydrogens (tertiary/aromatic N) is 2. The van der Waals surface area contributed by atoms with Crippen LogP contribution >= 0.6 is 0 Å². The van der Waals surface area contributed by atoms with Crippen LogP contribution < -0.4 is 0 Å². The highest BCUT2D eigenvalue weighted by Crippen LogP contribution is 2.33. The van der Waals surface area contributed by atoms with E-state index in [2.05, 4.69) is 58.1 Å². The van der Waals surface area contributed by atoms with Crippen molar-refractivity contribution in [2.75, 3.05) is 0 Å². The molecule has 0 atom stereocenters. The molecule has 0 aliphatic carbocycles. The van der Waals surface area contributed by atoms with E-state index in [4.69, 9.17) is 4.98 Å². The molecule has 0 unspecified atom stereocenters. The first-order chi connectivity index (χ1) is 7.53. The van der Waals surface area contributed by atoms with Crippen LogP contribution in [0.1, 0.15) is 22.2 Å². The van der Waals surface area contributed by atoms with Crippen molar-refractivity contribution in [2.45, 2.75) is 58.3 Å². The largest absolute Gasteiger partial charge is 0.241 e. The van der Waals surface area contributed by atoms with Gasteiger partial charge in [-0.1, -0.05) is 39.3 Å². The van der Waals surface area contributed by atoms with Crippen LogP contribution in [0.2, 0.25) is 39.3 Å². The van der Waals surface area contributed by atoms with Crippen molar-refractivity contribution < 1.29 is 0 Å². The highest BCUT2D eigenvalue weighted by Gasteiger charge is 2.40. The van der Waals surface area contributed by atoms with E-state index in [1.165, 1.54) is 5.56 Å². The van der Waals surface area contributed by atoms with E-state index >= 15 is 0 Å². The van der Waals surface area contributed by atoms with Crippen LogP contribution in [0.3, 0.4) is 0 Å². The van der Waals surface area contributed by atoms with Gasteiger partial charge in [0.15, 0.2) is 0 Å². The van der Waals surface area contributed by atoms with Crippen molar-refractivity contribution in [3.8, 4) is 0 Å². The number of rotatable bonds is 3. The van der Waals surface area contributed by atoms with Crippen LogP contribution in [-0.2, 0) is 0 Å². The highest BCUT2D eigenvalue weighted by atomic mass is 28.4. The second kappa shape index (κ2) is 4.65. The van der Waals surface area contributed by atoms with Crippen molar-refractivity contribution in [1.29, 1.82) is 0 Å². The number of aromatic nitrogens is 2. The van der Waals surface area contributed by atoms with E-state index in [1.54, 1.807) is 0 Å². The Labute approximate surface area is 108 Å². The lowest BCUT2D eigenvalue weighted by atomic mass is 10.3. The minimum Gasteiger partial charge on any atom is -0.241 e. The Bertz CT molecular complexity index is 389. The van der Waals surface area contributed by atoms with Crippen molar-refractivity contribution in [3.63, 3.8) is 0 Å². The lowest BCUT2D eigenvalue weighted by molar-refractivity contribution is 0.922. The Morgan fingerprint density at radius 3 is 1.76 bits per heavy atom. The van der Waals surface area contributed by atoms with E-state index < -0.39 is 16.1 Å². The zero-order chi connectivity index (χ0) is 13.4. The van der Waals surface area contributed by atoms with Gasteiger partial charge in [-0.05, 0) is 19.4 Å². The number of hydrogen-bond donors (Lipinski definition) is 0. The fourth-order valence-corrected chi connectivity index (χ4v) is 15.0. The molecular formula is C13H26N2Si2. The van der Waals surface area contributed by atoms with Crippen molar-refractivity contribution in [3.05, 3.63) is 23.3 Å². The van der Waals surface area contributed by atoms with Gasteiger partial charge in [0.1, 0.15) is 5.82 Å². The first-order valence-electron chi connectivity index (χ1n) is 6.33. The molecule has 0 fully saturated rings. The van der Waals surface area contributed by atoms with Crippen LogP contribution in [0.15, 0.2) is 6.20 Å². The SMILES string of the molecule is Cc1cnc(C([Si](C)(C)C)[Si](C)(C)C)nc1C. The van der Waals surface area contributed by atoms with Crippen LogP contribution in [0, 0.1) is 13.8 Å². The molecule has 96 valence electrons. The molecule has 1 aromatic heterocycles. The van der Waals surface area contributed by atoms with Gasteiger partial charge in [0.05, 0.1) is 16.1 Å². The van der Waals surface area contributed by atoms with Gasteiger partial charge in [-0.25, -0.2) is 9.97 Å². The summed E-state index contributed by atoms with van der Waals surface area (Å²) in [4.78, 5) is 9.40. The molecular weight excluding hydrogens is 240 g/mol. The molecule has 0 amide bonds. The first kappa shape index (κ1) is 14.6. The molecule has 2 nitrogen and oxygen atoms in total. The molecule has 1 aromatic rings. The van der Waals surface area contributed by atoms with Crippen molar-refractivity contribution in [1.82, 2.24) is 9.97 Å². The van der Waals surface area contributed by atoms with Gasteiger partial charge in [0.2, 0.25) is 0 Å². The van der Waals surface area contributed by atoms with Gasteiger partial charge in [-0.3, -0.25) is 0 Å². The minimum atomic E-state index is -1.27. The quantitative estimate of drug-likeness (QED) is 0.775. The van der Waals surface area contributed by atoms with E-state index in [1.807, 2.05) is 6.20 Å². The number of hydrogen-bond acceptors (Lipinski definition) is 2. The Morgan fingerprint density at radius 1 is 0.941 bits per heavy atom. The highest BCUT2D eigenvalue weighted by molar-refractivity contribution is 6.96. The summed E-state index contributed by atoms with van der Waals surface area (Å²) in [6.45, 7) is 18.8. The molecule has 17 heavy (non-hydrogen) atoms. The fourth-order valence-electron chi connectivity index (χ4n) is 2.76. The lowest BCUT2D eigenvalue weighted by Crippen LogP contribution is -2.47. The molecule has 4 heteroatoms. The summed E-state index contributed by atoms with van der Waals surface area (Å²) in [5.74, 6) is 1.10. The molecule has 0 aromatic carbocycles. The van der Waals surface area contributed by atoms with Crippen LogP contribution in [0.25, 0.3) is 0 Å². The van der Waals surface area contributed by atoms with E-state index in [9.17, 15) is 0 Å². The van der Waals surface area contributed by atoms with Gasteiger partial charge in [-0.15, -0.1) is 0 Å². The molecule has 0 aliphatic heterocycles. The third kappa shape index (κ3) is 3.48. The topological polar surface area (TPSA) is 25.8 Å². The van der Waals surface area contributed by atoms with Crippen molar-refractivity contribution >= 4 is 16.1 Å². The minimum absolute atomic E-state index is 0.634. The second-order valence-corrected chi connectivity index (χ2v) is 18.4. The van der Waals surface area contributed by atoms with Gasteiger partial charge in [-0.2, -0.15) is 0 Å². The third-order valence-corrected chi connectivity index (χ3v) is 12.4. The molecule has 0 bridgehead atoms.